The van der Waals surface area contributed by atoms with Crippen molar-refractivity contribution in [1.82, 2.24) is 5.32 Å². The molecule has 0 rings (SSSR count). The van der Waals surface area contributed by atoms with Crippen LogP contribution in [0, 0.1) is 0 Å². The Balaban J connectivity index is 4.71. The number of aliphatic hydroxyl groups excluding tert-OH is 2. The summed E-state index contributed by atoms with van der Waals surface area (Å²) in [5, 5.41) is 23.8. The summed E-state index contributed by atoms with van der Waals surface area (Å²) < 4.78 is 5.82. The van der Waals surface area contributed by atoms with Gasteiger partial charge in [-0.05, 0) is 83.1 Å². The van der Waals surface area contributed by atoms with Crippen molar-refractivity contribution in [3.8, 4) is 0 Å². The number of hydrogen-bond acceptors (Lipinski definition) is 5. The first-order chi connectivity index (χ1) is 32.0. The second kappa shape index (κ2) is 52.0. The maximum absolute atomic E-state index is 13.2. The second-order valence-electron chi connectivity index (χ2n) is 18.2. The van der Waals surface area contributed by atoms with E-state index in [4.69, 9.17) is 4.74 Å². The van der Waals surface area contributed by atoms with Crippen LogP contribution in [0.1, 0.15) is 252 Å². The van der Waals surface area contributed by atoms with Gasteiger partial charge in [0.1, 0.15) is 6.10 Å². The molecule has 1 amide bonds. The quantitative estimate of drug-likeness (QED) is 0.0321. The van der Waals surface area contributed by atoms with E-state index < -0.39 is 18.2 Å². The van der Waals surface area contributed by atoms with Crippen LogP contribution >= 0.6 is 0 Å². The minimum atomic E-state index is -0.825. The van der Waals surface area contributed by atoms with E-state index in [1.165, 1.54) is 122 Å². The summed E-state index contributed by atoms with van der Waals surface area (Å²) in [6.45, 7) is 6.32. The number of rotatable bonds is 48. The average molecular weight is 906 g/mol. The van der Waals surface area contributed by atoms with E-state index in [1.54, 1.807) is 6.08 Å². The third-order valence-electron chi connectivity index (χ3n) is 12.0. The number of aliphatic hydroxyl groups is 2. The van der Waals surface area contributed by atoms with Crippen LogP contribution in [-0.2, 0) is 14.3 Å². The third-order valence-corrected chi connectivity index (χ3v) is 12.0. The summed E-state index contributed by atoms with van der Waals surface area (Å²) in [4.78, 5) is 26.1. The highest BCUT2D eigenvalue weighted by Gasteiger charge is 2.23. The van der Waals surface area contributed by atoms with E-state index in [0.717, 1.165) is 83.5 Å². The standard InChI is InChI=1S/C59H103NO5/c1-4-7-10-13-16-19-22-25-27-29-31-33-35-38-41-44-47-50-55(65-59(64)52-49-46-43-40-37-24-21-18-15-12-9-6-3)53-58(63)60-56(54-61)57(62)51-48-45-42-39-36-34-32-30-28-26-23-20-17-14-11-8-5-2/h7,10,16,18-19,21,25,27,31,33,38,41,47,50,55-57,61-62H,4-6,8-9,11-15,17,20,22-24,26,28-30,32,34-37,39-40,42-46,48-49,51-54H2,1-3H3,(H,60,63)/b10-7-,19-16-,21-18-,27-25-,33-31-,41-38-,50-47-. The highest BCUT2D eigenvalue weighted by atomic mass is 16.5. The van der Waals surface area contributed by atoms with Crippen molar-refractivity contribution in [3.05, 3.63) is 85.1 Å². The molecule has 3 unspecified atom stereocenters. The lowest BCUT2D eigenvalue weighted by Crippen LogP contribution is -2.46. The van der Waals surface area contributed by atoms with Gasteiger partial charge in [0.2, 0.25) is 5.91 Å². The van der Waals surface area contributed by atoms with Crippen molar-refractivity contribution >= 4 is 11.9 Å². The van der Waals surface area contributed by atoms with Crippen LogP contribution in [0.3, 0.4) is 0 Å². The largest absolute Gasteiger partial charge is 0.458 e. The summed E-state index contributed by atoms with van der Waals surface area (Å²) in [5.74, 6) is -0.642. The normalized spacial score (nSPS) is 13.9. The van der Waals surface area contributed by atoms with Gasteiger partial charge in [0.05, 0.1) is 25.2 Å². The van der Waals surface area contributed by atoms with Gasteiger partial charge in [0, 0.05) is 6.42 Å². The van der Waals surface area contributed by atoms with Crippen LogP contribution in [0.5, 0.6) is 0 Å². The predicted molar refractivity (Wildman–Crippen MR) is 282 cm³/mol. The molecular weight excluding hydrogens is 803 g/mol. The Bertz CT molecular complexity index is 1250. The zero-order valence-corrected chi connectivity index (χ0v) is 42.6. The fraction of sp³-hybridized carbons (Fsp3) is 0.729. The molecule has 0 saturated heterocycles. The predicted octanol–water partition coefficient (Wildman–Crippen LogP) is 16.7. The van der Waals surface area contributed by atoms with Gasteiger partial charge in [0.15, 0.2) is 0 Å². The van der Waals surface area contributed by atoms with Gasteiger partial charge >= 0.3 is 5.97 Å². The molecule has 0 aromatic carbocycles. The molecule has 6 heteroatoms. The zero-order valence-electron chi connectivity index (χ0n) is 42.6. The molecule has 0 aliphatic rings. The zero-order chi connectivity index (χ0) is 47.4. The van der Waals surface area contributed by atoms with Crippen LogP contribution in [0.4, 0.5) is 0 Å². The van der Waals surface area contributed by atoms with Crippen molar-refractivity contribution in [3.63, 3.8) is 0 Å². The molecule has 0 spiro atoms. The Labute approximate surface area is 402 Å². The molecule has 0 saturated carbocycles. The van der Waals surface area contributed by atoms with Crippen molar-refractivity contribution in [2.75, 3.05) is 6.61 Å². The highest BCUT2D eigenvalue weighted by molar-refractivity contribution is 5.78. The van der Waals surface area contributed by atoms with Gasteiger partial charge in [0.25, 0.3) is 0 Å². The van der Waals surface area contributed by atoms with Gasteiger partial charge in [-0.1, -0.05) is 241 Å². The van der Waals surface area contributed by atoms with E-state index in [-0.39, 0.29) is 24.9 Å². The molecule has 0 radical (unpaired) electrons. The van der Waals surface area contributed by atoms with Crippen molar-refractivity contribution in [2.45, 2.75) is 270 Å². The van der Waals surface area contributed by atoms with Crippen molar-refractivity contribution in [2.24, 2.45) is 0 Å². The summed E-state index contributed by atoms with van der Waals surface area (Å²) >= 11 is 0. The second-order valence-corrected chi connectivity index (χ2v) is 18.2. The fourth-order valence-corrected chi connectivity index (χ4v) is 7.83. The molecule has 0 aliphatic heterocycles. The maximum Gasteiger partial charge on any atom is 0.306 e. The summed E-state index contributed by atoms with van der Waals surface area (Å²) in [6, 6.07) is -0.748. The number of ether oxygens (including phenoxy) is 1. The number of nitrogens with one attached hydrogen (secondary N) is 1. The SMILES string of the molecule is CC/C=C\C/C=C\C/C=C\C/C=C\C/C=C\C/C=C\C(CC(=O)NC(CO)C(O)CCCCCCCCCCCCCCCCCCC)OC(=O)CCCCCCC/C=C\CCCCC. The topological polar surface area (TPSA) is 95.9 Å². The highest BCUT2D eigenvalue weighted by Crippen LogP contribution is 2.16. The summed E-state index contributed by atoms with van der Waals surface area (Å²) in [5.41, 5.74) is 0. The lowest BCUT2D eigenvalue weighted by atomic mass is 10.0. The molecule has 374 valence electrons. The molecule has 0 aromatic heterocycles. The molecule has 0 fully saturated rings. The molecule has 0 bridgehead atoms. The first kappa shape index (κ1) is 62.0. The lowest BCUT2D eigenvalue weighted by molar-refractivity contribution is -0.148. The third kappa shape index (κ3) is 47.3. The number of hydrogen-bond donors (Lipinski definition) is 3. The molecule has 0 aromatic rings. The van der Waals surface area contributed by atoms with Gasteiger partial charge in [-0.15, -0.1) is 0 Å². The molecule has 6 nitrogen and oxygen atoms in total. The Morgan fingerprint density at radius 3 is 1.32 bits per heavy atom. The van der Waals surface area contributed by atoms with E-state index in [9.17, 15) is 19.8 Å². The lowest BCUT2D eigenvalue weighted by Gasteiger charge is -2.23. The van der Waals surface area contributed by atoms with Crippen LogP contribution in [0.25, 0.3) is 0 Å². The molecule has 0 aliphatic carbocycles. The summed E-state index contributed by atoms with van der Waals surface area (Å²) in [6.07, 6.45) is 68.2. The Hall–Kier alpha value is -2.96. The van der Waals surface area contributed by atoms with Crippen molar-refractivity contribution < 1.29 is 24.5 Å². The minimum absolute atomic E-state index is 0.0534. The molecular formula is C59H103NO5. The smallest absolute Gasteiger partial charge is 0.306 e. The van der Waals surface area contributed by atoms with Gasteiger partial charge in [-0.25, -0.2) is 0 Å². The maximum atomic E-state index is 13.2. The molecule has 0 heterocycles. The average Bonchev–Trinajstić information content (AvgIpc) is 3.30. The minimum Gasteiger partial charge on any atom is -0.458 e. The van der Waals surface area contributed by atoms with E-state index in [1.807, 2.05) is 6.08 Å². The van der Waals surface area contributed by atoms with Crippen LogP contribution < -0.4 is 5.32 Å². The molecule has 3 atom stereocenters. The monoisotopic (exact) mass is 906 g/mol. The summed E-state index contributed by atoms with van der Waals surface area (Å²) in [7, 11) is 0. The van der Waals surface area contributed by atoms with E-state index >= 15 is 0 Å². The van der Waals surface area contributed by atoms with E-state index in [0.29, 0.717) is 19.3 Å². The number of carbonyl (C=O) groups is 2. The first-order valence-corrected chi connectivity index (χ1v) is 27.3. The van der Waals surface area contributed by atoms with Crippen LogP contribution in [0.15, 0.2) is 85.1 Å². The van der Waals surface area contributed by atoms with Gasteiger partial charge in [-0.3, -0.25) is 9.59 Å². The number of carbonyl (C=O) groups excluding carboxylic acids is 2. The van der Waals surface area contributed by atoms with Gasteiger partial charge < -0.3 is 20.3 Å². The fourth-order valence-electron chi connectivity index (χ4n) is 7.83. The van der Waals surface area contributed by atoms with Gasteiger partial charge in [-0.2, -0.15) is 0 Å². The number of esters is 1. The first-order valence-electron chi connectivity index (χ1n) is 27.3. The Kier molecular flexibility index (Phi) is 49.6. The van der Waals surface area contributed by atoms with Crippen LogP contribution in [-0.4, -0.2) is 46.9 Å². The molecule has 65 heavy (non-hydrogen) atoms. The van der Waals surface area contributed by atoms with Crippen molar-refractivity contribution in [1.29, 1.82) is 0 Å². The number of allylic oxidation sites excluding steroid dienone is 13. The number of amides is 1. The Morgan fingerprint density at radius 1 is 0.477 bits per heavy atom. The van der Waals surface area contributed by atoms with Crippen LogP contribution in [0.2, 0.25) is 0 Å². The Morgan fingerprint density at radius 2 is 0.862 bits per heavy atom. The number of unbranched alkanes of at least 4 members (excludes halogenated alkanes) is 24. The van der Waals surface area contributed by atoms with E-state index in [2.05, 4.69) is 99.0 Å². The molecule has 3 N–H and O–H groups in total.